The molecule has 0 aliphatic heterocycles. The van der Waals surface area contributed by atoms with E-state index in [-0.39, 0.29) is 17.2 Å². The van der Waals surface area contributed by atoms with E-state index in [0.29, 0.717) is 17.1 Å². The van der Waals surface area contributed by atoms with Gasteiger partial charge in [0.15, 0.2) is 0 Å². The van der Waals surface area contributed by atoms with Crippen LogP contribution in [0.4, 0.5) is 31.7 Å². The van der Waals surface area contributed by atoms with E-state index in [1.165, 1.54) is 12.1 Å². The Morgan fingerprint density at radius 1 is 1.10 bits per heavy atom. The van der Waals surface area contributed by atoms with Crippen molar-refractivity contribution in [3.8, 4) is 11.4 Å². The molecule has 2 N–H and O–H groups in total. The number of aryl methyl sites for hydroxylation is 1. The molecule has 12 heteroatoms. The molecule has 0 unspecified atom stereocenters. The average Bonchev–Trinajstić information content (AvgIpc) is 3.34. The van der Waals surface area contributed by atoms with Crippen molar-refractivity contribution in [3.05, 3.63) is 63.1 Å². The summed E-state index contributed by atoms with van der Waals surface area (Å²) in [5.41, 5.74) is -0.252. The fraction of sp³-hybridized carbons (Fsp3) is 0.118. The number of aromatic nitrogens is 4. The van der Waals surface area contributed by atoms with Gasteiger partial charge in [0.2, 0.25) is 5.82 Å². The van der Waals surface area contributed by atoms with Crippen molar-refractivity contribution in [2.24, 2.45) is 7.05 Å². The van der Waals surface area contributed by atoms with Crippen molar-refractivity contribution in [1.29, 1.82) is 0 Å². The van der Waals surface area contributed by atoms with Crippen molar-refractivity contribution >= 4 is 34.5 Å². The van der Waals surface area contributed by atoms with Crippen molar-refractivity contribution in [2.75, 3.05) is 10.6 Å². The topological polar surface area (TPSA) is 115 Å². The summed E-state index contributed by atoms with van der Waals surface area (Å²) in [5.74, 6) is -0.661. The van der Waals surface area contributed by atoms with E-state index in [4.69, 9.17) is 11.6 Å². The third-order valence-electron chi connectivity index (χ3n) is 3.95. The summed E-state index contributed by atoms with van der Waals surface area (Å²) in [5, 5.41) is 5.35. The van der Waals surface area contributed by atoms with E-state index >= 15 is 0 Å². The van der Waals surface area contributed by atoms with E-state index in [1.54, 1.807) is 36.3 Å². The van der Waals surface area contributed by atoms with Gasteiger partial charge in [0.05, 0.1) is 6.33 Å². The van der Waals surface area contributed by atoms with Gasteiger partial charge in [0.25, 0.3) is 10.9 Å². The van der Waals surface area contributed by atoms with Gasteiger partial charge in [-0.15, -0.1) is 0 Å². The van der Waals surface area contributed by atoms with Gasteiger partial charge in [-0.05, 0) is 35.9 Å². The lowest BCUT2D eigenvalue weighted by atomic mass is 10.1. The summed E-state index contributed by atoms with van der Waals surface area (Å²) in [6, 6.07) is 6.18. The van der Waals surface area contributed by atoms with Crippen LogP contribution in [0, 0.1) is 0 Å². The van der Waals surface area contributed by atoms with E-state index in [1.807, 2.05) is 0 Å². The van der Waals surface area contributed by atoms with Gasteiger partial charge in [-0.1, -0.05) is 5.16 Å². The van der Waals surface area contributed by atoms with Crippen LogP contribution in [0.5, 0.6) is 0 Å². The molecule has 0 fully saturated rings. The average molecular weight is 421 g/mol. The van der Waals surface area contributed by atoms with Crippen LogP contribution in [-0.2, 0) is 12.4 Å². The molecule has 29 heavy (non-hydrogen) atoms. The van der Waals surface area contributed by atoms with Gasteiger partial charge >= 0.3 is 11.3 Å². The van der Waals surface area contributed by atoms with Crippen LogP contribution in [0.25, 0.3) is 11.4 Å². The monoisotopic (exact) mass is 420 g/mol. The lowest BCUT2D eigenvalue weighted by molar-refractivity contribution is 0.0551. The Bertz CT molecular complexity index is 1250. The largest absolute Gasteiger partial charge is 0.400 e. The van der Waals surface area contributed by atoms with Crippen molar-refractivity contribution < 1.29 is 13.3 Å². The molecule has 0 spiro atoms. The zero-order valence-corrected chi connectivity index (χ0v) is 15.4. The molecule has 0 amide bonds. The van der Waals surface area contributed by atoms with Crippen molar-refractivity contribution in [1.82, 2.24) is 19.7 Å². The highest BCUT2D eigenvalue weighted by Crippen LogP contribution is 2.32. The van der Waals surface area contributed by atoms with Crippen LogP contribution in [0.15, 0.2) is 50.9 Å². The lowest BCUT2D eigenvalue weighted by Gasteiger charge is -2.13. The molecule has 4 rings (SSSR count). The third kappa shape index (κ3) is 3.59. The van der Waals surface area contributed by atoms with Crippen molar-refractivity contribution in [2.45, 2.75) is 5.38 Å². The summed E-state index contributed by atoms with van der Waals surface area (Å²) in [7, 11) is 1.77. The number of halogens is 3. The molecule has 0 aliphatic rings. The number of hydrogen-bond acceptors (Lipinski definition) is 8. The standard InChI is InChI=1S/C17H11ClF2N6O3/c1-26-6-10(21-7-26)23-12-11(13(27)14(12)28)22-9-4-2-8(3-5-9)15-24-16(29-25-15)17(18,19)20/h2-7,22-23H,1H3. The molecule has 0 saturated carbocycles. The fourth-order valence-corrected chi connectivity index (χ4v) is 2.62. The van der Waals surface area contributed by atoms with Gasteiger partial charge < -0.3 is 19.7 Å². The van der Waals surface area contributed by atoms with Gasteiger partial charge in [0, 0.05) is 24.5 Å². The number of anilines is 4. The first kappa shape index (κ1) is 18.7. The van der Waals surface area contributed by atoms with Crippen LogP contribution in [0.2, 0.25) is 0 Å². The molecule has 2 aromatic heterocycles. The smallest absolute Gasteiger partial charge is 0.350 e. The summed E-state index contributed by atoms with van der Waals surface area (Å²) >= 11 is 4.85. The molecule has 2 heterocycles. The molecule has 0 bridgehead atoms. The molecule has 0 aliphatic carbocycles. The number of alkyl halides is 3. The Balaban J connectivity index is 1.53. The molecule has 0 atom stereocenters. The number of rotatable bonds is 6. The number of benzene rings is 1. The predicted molar refractivity (Wildman–Crippen MR) is 101 cm³/mol. The summed E-state index contributed by atoms with van der Waals surface area (Å²) in [6.45, 7) is 0. The zero-order valence-electron chi connectivity index (χ0n) is 14.6. The maximum absolute atomic E-state index is 13.0. The van der Waals surface area contributed by atoms with Crippen LogP contribution in [-0.4, -0.2) is 19.7 Å². The van der Waals surface area contributed by atoms with Crippen LogP contribution in [0.1, 0.15) is 5.89 Å². The normalized spacial score (nSPS) is 11.7. The van der Waals surface area contributed by atoms with Gasteiger partial charge in [-0.3, -0.25) is 9.59 Å². The van der Waals surface area contributed by atoms with E-state index < -0.39 is 22.1 Å². The summed E-state index contributed by atoms with van der Waals surface area (Å²) < 4.78 is 32.1. The summed E-state index contributed by atoms with van der Waals surface area (Å²) in [4.78, 5) is 31.3. The maximum Gasteiger partial charge on any atom is 0.400 e. The van der Waals surface area contributed by atoms with E-state index in [2.05, 4.69) is 30.3 Å². The maximum atomic E-state index is 13.0. The summed E-state index contributed by atoms with van der Waals surface area (Å²) in [6.07, 6.45) is 3.20. The Morgan fingerprint density at radius 3 is 2.31 bits per heavy atom. The second-order valence-electron chi connectivity index (χ2n) is 6.08. The number of nitrogens with zero attached hydrogens (tertiary/aromatic N) is 4. The lowest BCUT2D eigenvalue weighted by Crippen LogP contribution is -2.35. The Kier molecular flexibility index (Phi) is 4.38. The number of nitrogens with one attached hydrogen (secondary N) is 2. The van der Waals surface area contributed by atoms with Crippen LogP contribution >= 0.6 is 11.6 Å². The van der Waals surface area contributed by atoms with Gasteiger partial charge in [-0.25, -0.2) is 4.98 Å². The Labute approximate surface area is 165 Å². The highest BCUT2D eigenvalue weighted by atomic mass is 35.5. The predicted octanol–water partition coefficient (Wildman–Crippen LogP) is 2.84. The third-order valence-corrected chi connectivity index (χ3v) is 4.11. The molecule has 148 valence electrons. The molecule has 0 radical (unpaired) electrons. The van der Waals surface area contributed by atoms with Gasteiger partial charge in [-0.2, -0.15) is 13.8 Å². The Hall–Kier alpha value is -3.60. The van der Waals surface area contributed by atoms with E-state index in [0.717, 1.165) is 0 Å². The molecule has 9 nitrogen and oxygen atoms in total. The minimum absolute atomic E-state index is 0.0708. The fourth-order valence-electron chi connectivity index (χ4n) is 2.54. The SMILES string of the molecule is Cn1cnc(Nc2c(Nc3ccc(-c4noc(C(F)(F)Cl)n4)cc3)c(=O)c2=O)c1. The Morgan fingerprint density at radius 2 is 1.76 bits per heavy atom. The van der Waals surface area contributed by atoms with Crippen LogP contribution in [0.3, 0.4) is 0 Å². The molecule has 0 saturated heterocycles. The minimum Gasteiger partial charge on any atom is -0.350 e. The number of imidazole rings is 1. The van der Waals surface area contributed by atoms with E-state index in [9.17, 15) is 18.4 Å². The highest BCUT2D eigenvalue weighted by molar-refractivity contribution is 6.21. The zero-order chi connectivity index (χ0) is 20.8. The first-order valence-corrected chi connectivity index (χ1v) is 8.47. The van der Waals surface area contributed by atoms with Crippen LogP contribution < -0.4 is 21.5 Å². The quantitative estimate of drug-likeness (QED) is 0.361. The number of hydrogen-bond donors (Lipinski definition) is 2. The first-order chi connectivity index (χ1) is 13.7. The molecule has 4 aromatic rings. The second kappa shape index (κ2) is 6.78. The second-order valence-corrected chi connectivity index (χ2v) is 6.56. The molecular formula is C17H11ClF2N6O3. The van der Waals surface area contributed by atoms with Gasteiger partial charge in [0.1, 0.15) is 17.2 Å². The first-order valence-electron chi connectivity index (χ1n) is 8.09. The minimum atomic E-state index is -3.76. The van der Waals surface area contributed by atoms with Crippen molar-refractivity contribution in [3.63, 3.8) is 0 Å². The highest BCUT2D eigenvalue weighted by Gasteiger charge is 2.35. The molecule has 2 aromatic carbocycles. The molecular weight excluding hydrogens is 410 g/mol.